The van der Waals surface area contributed by atoms with Crippen LogP contribution >= 0.6 is 11.6 Å². The van der Waals surface area contributed by atoms with Crippen LogP contribution in [0, 0.1) is 13.8 Å². The van der Waals surface area contributed by atoms with E-state index in [1.807, 2.05) is 44.2 Å². The SMILES string of the molecule is Cc1ccc(NC(=O)C2Cc3cc(Cl)ccc3O2)c(C)c1. The van der Waals surface area contributed by atoms with Crippen LogP contribution in [0.15, 0.2) is 36.4 Å². The van der Waals surface area contributed by atoms with Gasteiger partial charge in [0.2, 0.25) is 0 Å². The summed E-state index contributed by atoms with van der Waals surface area (Å²) in [4.78, 5) is 12.3. The molecule has 2 aromatic rings. The van der Waals surface area contributed by atoms with Gasteiger partial charge in [-0.2, -0.15) is 0 Å². The Labute approximate surface area is 128 Å². The molecule has 4 heteroatoms. The van der Waals surface area contributed by atoms with Crippen LogP contribution in [0.3, 0.4) is 0 Å². The summed E-state index contributed by atoms with van der Waals surface area (Å²) in [5.74, 6) is 0.606. The largest absolute Gasteiger partial charge is 0.480 e. The standard InChI is InChI=1S/C17H16ClNO2/c1-10-3-5-14(11(2)7-10)19-17(20)16-9-12-8-13(18)4-6-15(12)21-16/h3-8,16H,9H2,1-2H3,(H,19,20). The number of halogens is 1. The maximum Gasteiger partial charge on any atom is 0.265 e. The highest BCUT2D eigenvalue weighted by atomic mass is 35.5. The van der Waals surface area contributed by atoms with Gasteiger partial charge in [0.25, 0.3) is 5.91 Å². The second-order valence-corrected chi connectivity index (χ2v) is 5.81. The Bertz CT molecular complexity index is 712. The molecule has 1 amide bonds. The van der Waals surface area contributed by atoms with Gasteiger partial charge in [0, 0.05) is 17.1 Å². The zero-order valence-electron chi connectivity index (χ0n) is 11.9. The molecule has 0 fully saturated rings. The van der Waals surface area contributed by atoms with Crippen molar-refractivity contribution in [1.29, 1.82) is 0 Å². The van der Waals surface area contributed by atoms with Crippen LogP contribution in [0.2, 0.25) is 5.02 Å². The van der Waals surface area contributed by atoms with Crippen molar-refractivity contribution in [2.24, 2.45) is 0 Å². The third kappa shape index (κ3) is 2.88. The molecule has 0 aromatic heterocycles. The molecule has 3 nitrogen and oxygen atoms in total. The van der Waals surface area contributed by atoms with Crippen LogP contribution < -0.4 is 10.1 Å². The summed E-state index contributed by atoms with van der Waals surface area (Å²) < 4.78 is 5.69. The first kappa shape index (κ1) is 14.0. The maximum absolute atomic E-state index is 12.3. The second kappa shape index (κ2) is 5.41. The number of fused-ring (bicyclic) bond motifs is 1. The number of rotatable bonds is 2. The van der Waals surface area contributed by atoms with E-state index in [0.717, 1.165) is 22.6 Å². The molecule has 1 N–H and O–H groups in total. The van der Waals surface area contributed by atoms with Gasteiger partial charge in [-0.25, -0.2) is 0 Å². The van der Waals surface area contributed by atoms with Gasteiger partial charge in [0.15, 0.2) is 6.10 Å². The van der Waals surface area contributed by atoms with Gasteiger partial charge in [0.05, 0.1) is 0 Å². The summed E-state index contributed by atoms with van der Waals surface area (Å²) in [6.07, 6.45) is 0.0475. The molecular weight excluding hydrogens is 286 g/mol. The minimum absolute atomic E-state index is 0.130. The van der Waals surface area contributed by atoms with Gasteiger partial charge in [-0.1, -0.05) is 29.3 Å². The summed E-state index contributed by atoms with van der Waals surface area (Å²) >= 11 is 5.96. The number of anilines is 1. The minimum atomic E-state index is -0.501. The first-order valence-corrected chi connectivity index (χ1v) is 7.24. The number of nitrogens with one attached hydrogen (secondary N) is 1. The Morgan fingerprint density at radius 3 is 2.81 bits per heavy atom. The van der Waals surface area contributed by atoms with Gasteiger partial charge >= 0.3 is 0 Å². The third-order valence-electron chi connectivity index (χ3n) is 3.63. The van der Waals surface area contributed by atoms with Crippen LogP contribution in [0.25, 0.3) is 0 Å². The predicted molar refractivity (Wildman–Crippen MR) is 84.1 cm³/mol. The van der Waals surface area contributed by atoms with E-state index in [0.29, 0.717) is 11.4 Å². The van der Waals surface area contributed by atoms with E-state index in [4.69, 9.17) is 16.3 Å². The smallest absolute Gasteiger partial charge is 0.265 e. The van der Waals surface area contributed by atoms with Crippen LogP contribution in [0.4, 0.5) is 5.69 Å². The highest BCUT2D eigenvalue weighted by molar-refractivity contribution is 6.30. The number of amides is 1. The monoisotopic (exact) mass is 301 g/mol. The van der Waals surface area contributed by atoms with Crippen molar-refractivity contribution >= 4 is 23.2 Å². The number of carbonyl (C=O) groups is 1. The average Bonchev–Trinajstić information content (AvgIpc) is 2.85. The molecule has 1 aliphatic heterocycles. The third-order valence-corrected chi connectivity index (χ3v) is 3.86. The van der Waals surface area contributed by atoms with E-state index >= 15 is 0 Å². The molecule has 108 valence electrons. The van der Waals surface area contributed by atoms with Crippen LogP contribution in [-0.2, 0) is 11.2 Å². The van der Waals surface area contributed by atoms with Gasteiger partial charge in [-0.05, 0) is 49.2 Å². The lowest BCUT2D eigenvalue weighted by Gasteiger charge is -2.13. The molecule has 2 aromatic carbocycles. The average molecular weight is 302 g/mol. The fraction of sp³-hybridized carbons (Fsp3) is 0.235. The quantitative estimate of drug-likeness (QED) is 0.913. The van der Waals surface area contributed by atoms with Crippen molar-refractivity contribution in [3.63, 3.8) is 0 Å². The number of benzene rings is 2. The summed E-state index contributed by atoms with van der Waals surface area (Å²) in [6, 6.07) is 11.4. The number of aryl methyl sites for hydroxylation is 2. The molecule has 1 heterocycles. The van der Waals surface area contributed by atoms with Gasteiger partial charge < -0.3 is 10.1 Å². The Kier molecular flexibility index (Phi) is 3.60. The molecule has 0 saturated carbocycles. The van der Waals surface area contributed by atoms with Crippen molar-refractivity contribution in [1.82, 2.24) is 0 Å². The lowest BCUT2D eigenvalue weighted by molar-refractivity contribution is -0.122. The first-order chi connectivity index (χ1) is 10.0. The molecule has 0 saturated heterocycles. The van der Waals surface area contributed by atoms with Crippen LogP contribution in [-0.4, -0.2) is 12.0 Å². The zero-order chi connectivity index (χ0) is 15.0. The molecule has 1 atom stereocenters. The van der Waals surface area contributed by atoms with E-state index in [9.17, 15) is 4.79 Å². The van der Waals surface area contributed by atoms with E-state index in [2.05, 4.69) is 5.32 Å². The van der Waals surface area contributed by atoms with Crippen molar-refractivity contribution in [2.45, 2.75) is 26.4 Å². The Hall–Kier alpha value is -2.00. The van der Waals surface area contributed by atoms with E-state index in [1.165, 1.54) is 5.56 Å². The lowest BCUT2D eigenvalue weighted by Crippen LogP contribution is -2.31. The van der Waals surface area contributed by atoms with Crippen LogP contribution in [0.1, 0.15) is 16.7 Å². The highest BCUT2D eigenvalue weighted by Gasteiger charge is 2.29. The number of hydrogen-bond acceptors (Lipinski definition) is 2. The van der Waals surface area contributed by atoms with Gasteiger partial charge in [-0.15, -0.1) is 0 Å². The minimum Gasteiger partial charge on any atom is -0.480 e. The molecule has 1 aliphatic rings. The summed E-state index contributed by atoms with van der Waals surface area (Å²) in [6.45, 7) is 4.01. The molecule has 21 heavy (non-hydrogen) atoms. The predicted octanol–water partition coefficient (Wildman–Crippen LogP) is 3.90. The van der Waals surface area contributed by atoms with Gasteiger partial charge in [-0.3, -0.25) is 4.79 Å². The summed E-state index contributed by atoms with van der Waals surface area (Å²) in [5.41, 5.74) is 4.01. The number of carbonyl (C=O) groups excluding carboxylic acids is 1. The van der Waals surface area contributed by atoms with E-state index in [-0.39, 0.29) is 5.91 Å². The van der Waals surface area contributed by atoms with Gasteiger partial charge in [0.1, 0.15) is 5.75 Å². The first-order valence-electron chi connectivity index (χ1n) is 6.86. The maximum atomic E-state index is 12.3. The Morgan fingerprint density at radius 1 is 1.24 bits per heavy atom. The van der Waals surface area contributed by atoms with Crippen LogP contribution in [0.5, 0.6) is 5.75 Å². The van der Waals surface area contributed by atoms with Crippen molar-refractivity contribution in [3.8, 4) is 5.75 Å². The van der Waals surface area contributed by atoms with Crippen molar-refractivity contribution < 1.29 is 9.53 Å². The fourth-order valence-corrected chi connectivity index (χ4v) is 2.73. The highest BCUT2D eigenvalue weighted by Crippen LogP contribution is 2.31. The summed E-state index contributed by atoms with van der Waals surface area (Å²) in [5, 5.41) is 3.59. The zero-order valence-corrected chi connectivity index (χ0v) is 12.7. The Morgan fingerprint density at radius 2 is 2.05 bits per heavy atom. The molecule has 0 spiro atoms. The summed E-state index contributed by atoms with van der Waals surface area (Å²) in [7, 11) is 0. The van der Waals surface area contributed by atoms with E-state index < -0.39 is 6.10 Å². The number of ether oxygens (including phenoxy) is 1. The molecule has 3 rings (SSSR count). The van der Waals surface area contributed by atoms with E-state index in [1.54, 1.807) is 6.07 Å². The molecule has 0 radical (unpaired) electrons. The van der Waals surface area contributed by atoms with Crippen molar-refractivity contribution in [2.75, 3.05) is 5.32 Å². The Balaban J connectivity index is 1.73. The molecular formula is C17H16ClNO2. The second-order valence-electron chi connectivity index (χ2n) is 5.37. The topological polar surface area (TPSA) is 38.3 Å². The molecule has 1 unspecified atom stereocenters. The molecule has 0 bridgehead atoms. The normalized spacial score (nSPS) is 16.2. The fourth-order valence-electron chi connectivity index (χ4n) is 2.53. The molecule has 0 aliphatic carbocycles. The van der Waals surface area contributed by atoms with Crippen molar-refractivity contribution in [3.05, 3.63) is 58.1 Å². The number of hydrogen-bond donors (Lipinski definition) is 1. The lowest BCUT2D eigenvalue weighted by atomic mass is 10.1.